The lowest BCUT2D eigenvalue weighted by atomic mass is 10.1. The van der Waals surface area contributed by atoms with E-state index in [1.165, 1.54) is 12.1 Å². The van der Waals surface area contributed by atoms with Crippen LogP contribution in [0.1, 0.15) is 0 Å². The van der Waals surface area contributed by atoms with Crippen molar-refractivity contribution in [1.82, 2.24) is 4.73 Å². The van der Waals surface area contributed by atoms with Crippen molar-refractivity contribution >= 4 is 16.7 Å². The monoisotopic (exact) mass is 299 g/mol. The number of nitrogens with zero attached hydrogens (tertiary/aromatic N) is 1. The lowest BCUT2D eigenvalue weighted by Crippen LogP contribution is -2.24. The molecule has 0 aliphatic carbocycles. The van der Waals surface area contributed by atoms with E-state index in [0.717, 1.165) is 10.8 Å². The van der Waals surface area contributed by atoms with Crippen LogP contribution in [0.5, 0.6) is 17.5 Å². The molecule has 2 aromatic carbocycles. The first-order chi connectivity index (χ1) is 10.6. The van der Waals surface area contributed by atoms with Crippen LogP contribution in [-0.2, 0) is 4.79 Å². The minimum atomic E-state index is -0.755. The number of aromatic hydroxyl groups is 2. The zero-order valence-electron chi connectivity index (χ0n) is 11.5. The fourth-order valence-corrected chi connectivity index (χ4v) is 2.02. The van der Waals surface area contributed by atoms with Crippen LogP contribution in [0.15, 0.2) is 54.6 Å². The van der Waals surface area contributed by atoms with Gasteiger partial charge in [-0.25, -0.2) is 4.79 Å². The predicted molar refractivity (Wildman–Crippen MR) is 78.8 cm³/mol. The van der Waals surface area contributed by atoms with Gasteiger partial charge in [-0.15, -0.1) is 4.73 Å². The molecule has 6 nitrogen and oxygen atoms in total. The first-order valence-corrected chi connectivity index (χ1v) is 6.56. The highest BCUT2D eigenvalue weighted by Gasteiger charge is 2.12. The van der Waals surface area contributed by atoms with Crippen molar-refractivity contribution in [3.63, 3.8) is 0 Å². The van der Waals surface area contributed by atoms with Gasteiger partial charge in [0.15, 0.2) is 6.61 Å². The fourth-order valence-electron chi connectivity index (χ4n) is 2.02. The molecule has 1 heterocycles. The van der Waals surface area contributed by atoms with Crippen molar-refractivity contribution in [3.8, 4) is 17.5 Å². The maximum atomic E-state index is 11.7. The van der Waals surface area contributed by atoms with Gasteiger partial charge in [-0.05, 0) is 22.9 Å². The molecular weight excluding hydrogens is 286 g/mol. The van der Waals surface area contributed by atoms with E-state index in [9.17, 15) is 15.0 Å². The van der Waals surface area contributed by atoms with Crippen molar-refractivity contribution in [3.05, 3.63) is 54.6 Å². The Morgan fingerprint density at radius 1 is 0.955 bits per heavy atom. The predicted octanol–water partition coefficient (Wildman–Crippen LogP) is 2.09. The molecule has 2 N–H and O–H groups in total. The van der Waals surface area contributed by atoms with E-state index >= 15 is 0 Å². The summed E-state index contributed by atoms with van der Waals surface area (Å²) >= 11 is 0. The Morgan fingerprint density at radius 2 is 1.64 bits per heavy atom. The highest BCUT2D eigenvalue weighted by Crippen LogP contribution is 2.21. The third-order valence-electron chi connectivity index (χ3n) is 3.07. The number of fused-ring (bicyclic) bond motifs is 1. The third-order valence-corrected chi connectivity index (χ3v) is 3.07. The van der Waals surface area contributed by atoms with E-state index in [0.29, 0.717) is 10.5 Å². The molecule has 1 aromatic heterocycles. The Labute approximate surface area is 125 Å². The van der Waals surface area contributed by atoms with Crippen LogP contribution in [-0.4, -0.2) is 27.5 Å². The van der Waals surface area contributed by atoms with E-state index < -0.39 is 5.97 Å². The Balaban J connectivity index is 1.65. The van der Waals surface area contributed by atoms with Gasteiger partial charge in [-0.3, -0.25) is 0 Å². The van der Waals surface area contributed by atoms with Crippen LogP contribution < -0.4 is 9.57 Å². The molecular formula is C16H13NO5. The quantitative estimate of drug-likeness (QED) is 0.771. The third kappa shape index (κ3) is 2.80. The number of benzene rings is 2. The first-order valence-electron chi connectivity index (χ1n) is 6.56. The highest BCUT2D eigenvalue weighted by atomic mass is 16.7. The molecule has 3 aromatic rings. The highest BCUT2D eigenvalue weighted by molar-refractivity contribution is 5.83. The van der Waals surface area contributed by atoms with E-state index in [4.69, 9.17) is 9.57 Å². The van der Waals surface area contributed by atoms with Crippen molar-refractivity contribution in [1.29, 1.82) is 0 Å². The van der Waals surface area contributed by atoms with Crippen molar-refractivity contribution in [2.45, 2.75) is 0 Å². The molecule has 0 aliphatic rings. The van der Waals surface area contributed by atoms with E-state index in [1.54, 1.807) is 6.07 Å². The van der Waals surface area contributed by atoms with Gasteiger partial charge in [0.2, 0.25) is 11.8 Å². The fraction of sp³-hybridized carbons (Fsp3) is 0.0625. The summed E-state index contributed by atoms with van der Waals surface area (Å²) in [6.07, 6.45) is 0. The summed E-state index contributed by atoms with van der Waals surface area (Å²) in [7, 11) is 0. The summed E-state index contributed by atoms with van der Waals surface area (Å²) in [5, 5.41) is 20.8. The molecule has 0 bridgehead atoms. The second-order valence-electron chi connectivity index (χ2n) is 4.61. The van der Waals surface area contributed by atoms with Gasteiger partial charge < -0.3 is 19.8 Å². The van der Waals surface area contributed by atoms with E-state index in [-0.39, 0.29) is 18.4 Å². The molecule has 0 saturated carbocycles. The number of carbonyl (C=O) groups is 1. The van der Waals surface area contributed by atoms with Crippen molar-refractivity contribution in [2.75, 3.05) is 6.61 Å². The van der Waals surface area contributed by atoms with Gasteiger partial charge in [0.25, 0.3) is 0 Å². The SMILES string of the molecule is O=C(COc1ccc2ccccc2c1)On1c(O)ccc1O. The Hall–Kier alpha value is -3.15. The van der Waals surface area contributed by atoms with Crippen LogP contribution in [0.3, 0.4) is 0 Å². The zero-order valence-corrected chi connectivity index (χ0v) is 11.5. The zero-order chi connectivity index (χ0) is 15.5. The average molecular weight is 299 g/mol. The molecule has 0 aliphatic heterocycles. The number of hydrogen-bond donors (Lipinski definition) is 2. The van der Waals surface area contributed by atoms with Crippen LogP contribution in [0.4, 0.5) is 0 Å². The molecule has 3 rings (SSSR count). The number of ether oxygens (including phenoxy) is 1. The van der Waals surface area contributed by atoms with E-state index in [1.807, 2.05) is 36.4 Å². The van der Waals surface area contributed by atoms with Gasteiger partial charge in [-0.1, -0.05) is 30.3 Å². The largest absolute Gasteiger partial charge is 0.492 e. The normalized spacial score (nSPS) is 10.5. The molecule has 0 unspecified atom stereocenters. The second kappa shape index (κ2) is 5.69. The topological polar surface area (TPSA) is 80.9 Å². The lowest BCUT2D eigenvalue weighted by Gasteiger charge is -2.09. The van der Waals surface area contributed by atoms with Crippen LogP contribution in [0.2, 0.25) is 0 Å². The molecule has 0 spiro atoms. The average Bonchev–Trinajstić information content (AvgIpc) is 2.84. The first kappa shape index (κ1) is 13.8. The molecule has 0 amide bonds. The Bertz CT molecular complexity index is 805. The number of aromatic nitrogens is 1. The summed E-state index contributed by atoms with van der Waals surface area (Å²) in [5.41, 5.74) is 0. The molecule has 0 atom stereocenters. The molecule has 0 saturated heterocycles. The molecule has 6 heteroatoms. The van der Waals surface area contributed by atoms with Gasteiger partial charge in [-0.2, -0.15) is 0 Å². The molecule has 0 fully saturated rings. The van der Waals surface area contributed by atoms with Gasteiger partial charge >= 0.3 is 5.97 Å². The van der Waals surface area contributed by atoms with Gasteiger partial charge in [0.1, 0.15) is 5.75 Å². The minimum Gasteiger partial charge on any atom is -0.492 e. The summed E-state index contributed by atoms with van der Waals surface area (Å²) in [4.78, 5) is 16.4. The number of rotatable bonds is 4. The minimum absolute atomic E-state index is 0.352. The van der Waals surface area contributed by atoms with Crippen molar-refractivity contribution in [2.24, 2.45) is 0 Å². The summed E-state index contributed by atoms with van der Waals surface area (Å²) < 4.78 is 5.97. The molecule has 112 valence electrons. The molecule has 22 heavy (non-hydrogen) atoms. The smallest absolute Gasteiger partial charge is 0.370 e. The van der Waals surface area contributed by atoms with E-state index in [2.05, 4.69) is 0 Å². The van der Waals surface area contributed by atoms with Crippen LogP contribution in [0.25, 0.3) is 10.8 Å². The molecule has 0 radical (unpaired) electrons. The summed E-state index contributed by atoms with van der Waals surface area (Å²) in [6, 6.07) is 15.6. The summed E-state index contributed by atoms with van der Waals surface area (Å²) in [5.74, 6) is -0.986. The second-order valence-corrected chi connectivity index (χ2v) is 4.61. The van der Waals surface area contributed by atoms with Crippen LogP contribution >= 0.6 is 0 Å². The number of hydrogen-bond acceptors (Lipinski definition) is 5. The Kier molecular flexibility index (Phi) is 3.57. The summed E-state index contributed by atoms with van der Waals surface area (Å²) in [6.45, 7) is -0.352. The van der Waals surface area contributed by atoms with Crippen molar-refractivity contribution < 1.29 is 24.6 Å². The van der Waals surface area contributed by atoms with Gasteiger partial charge in [0.05, 0.1) is 0 Å². The maximum absolute atomic E-state index is 11.7. The van der Waals surface area contributed by atoms with Gasteiger partial charge in [0, 0.05) is 12.1 Å². The lowest BCUT2D eigenvalue weighted by molar-refractivity contribution is -0.147. The Morgan fingerprint density at radius 3 is 2.36 bits per heavy atom. The maximum Gasteiger partial charge on any atom is 0.370 e. The number of carbonyl (C=O) groups excluding carboxylic acids is 1. The van der Waals surface area contributed by atoms with Crippen LogP contribution in [0, 0.1) is 0 Å². The standard InChI is InChI=1S/C16H13NO5/c18-14-7-8-15(19)17(14)22-16(20)10-21-13-6-5-11-3-1-2-4-12(11)9-13/h1-9,18-19H,10H2.